The Morgan fingerprint density at radius 1 is 1.00 bits per heavy atom. The van der Waals surface area contributed by atoms with Gasteiger partial charge in [0.1, 0.15) is 16.9 Å². The number of ether oxygens (including phenoxy) is 1. The van der Waals surface area contributed by atoms with E-state index in [0.717, 1.165) is 41.2 Å². The number of fused-ring (bicyclic) bond motifs is 1. The van der Waals surface area contributed by atoms with Gasteiger partial charge in [-0.05, 0) is 37.0 Å². The number of hydrogen-bond donors (Lipinski definition) is 1. The van der Waals surface area contributed by atoms with Gasteiger partial charge in [0, 0.05) is 35.1 Å². The first kappa shape index (κ1) is 18.4. The molecule has 0 amide bonds. The molecule has 4 rings (SSSR count). The van der Waals surface area contributed by atoms with Crippen LogP contribution in [-0.4, -0.2) is 23.6 Å². The van der Waals surface area contributed by atoms with Crippen molar-refractivity contribution >= 4 is 27.2 Å². The Balaban J connectivity index is 1.40. The zero-order chi connectivity index (χ0) is 19.2. The lowest BCUT2D eigenvalue weighted by molar-refractivity contribution is 0.307. The Morgan fingerprint density at radius 3 is 2.75 bits per heavy atom. The zero-order valence-corrected chi connectivity index (χ0v) is 16.7. The summed E-state index contributed by atoms with van der Waals surface area (Å²) in [5, 5.41) is 6.52. The molecular weight excluding hydrogens is 366 g/mol. The van der Waals surface area contributed by atoms with Gasteiger partial charge in [-0.25, -0.2) is 9.97 Å². The molecule has 0 saturated carbocycles. The molecule has 5 heteroatoms. The highest BCUT2D eigenvalue weighted by Gasteiger charge is 2.12. The number of benzene rings is 2. The summed E-state index contributed by atoms with van der Waals surface area (Å²) in [4.78, 5) is 10.1. The Bertz CT molecular complexity index is 1050. The van der Waals surface area contributed by atoms with Crippen LogP contribution in [0.25, 0.3) is 21.3 Å². The van der Waals surface area contributed by atoms with Crippen molar-refractivity contribution in [1.82, 2.24) is 9.97 Å². The molecule has 0 atom stereocenters. The summed E-state index contributed by atoms with van der Waals surface area (Å²) in [6, 6.07) is 18.5. The van der Waals surface area contributed by atoms with Gasteiger partial charge in [0.15, 0.2) is 0 Å². The van der Waals surface area contributed by atoms with Gasteiger partial charge in [0.05, 0.1) is 12.3 Å². The number of rotatable bonds is 8. The molecular formula is C23H23N3OS. The Kier molecular flexibility index (Phi) is 5.83. The van der Waals surface area contributed by atoms with E-state index in [0.29, 0.717) is 6.61 Å². The molecule has 4 nitrogen and oxygen atoms in total. The monoisotopic (exact) mass is 389 g/mol. The summed E-state index contributed by atoms with van der Waals surface area (Å²) in [5.74, 6) is 0.903. The van der Waals surface area contributed by atoms with Crippen LogP contribution in [0, 0.1) is 0 Å². The summed E-state index contributed by atoms with van der Waals surface area (Å²) in [7, 11) is 1.91. The van der Waals surface area contributed by atoms with Gasteiger partial charge in [-0.15, -0.1) is 11.3 Å². The highest BCUT2D eigenvalue weighted by Crippen LogP contribution is 2.34. The number of thiophene rings is 1. The molecule has 2 aromatic carbocycles. The molecule has 0 unspecified atom stereocenters. The number of anilines is 1. The van der Waals surface area contributed by atoms with Crippen molar-refractivity contribution in [2.75, 3.05) is 19.0 Å². The minimum absolute atomic E-state index is 0.705. The average molecular weight is 390 g/mol. The lowest BCUT2D eigenvalue weighted by Gasteiger charge is -2.08. The first-order chi connectivity index (χ1) is 13.8. The van der Waals surface area contributed by atoms with Crippen LogP contribution in [0.3, 0.4) is 0 Å². The maximum atomic E-state index is 5.88. The van der Waals surface area contributed by atoms with Gasteiger partial charge in [-0.1, -0.05) is 36.4 Å². The molecule has 0 saturated heterocycles. The Hall–Kier alpha value is -2.92. The number of nitrogens with one attached hydrogen (secondary N) is 1. The molecule has 0 aliphatic heterocycles. The fourth-order valence-corrected chi connectivity index (χ4v) is 4.22. The summed E-state index contributed by atoms with van der Waals surface area (Å²) in [6.45, 7) is 0.705. The minimum Gasteiger partial charge on any atom is -0.494 e. The third-order valence-electron chi connectivity index (χ3n) is 4.73. The average Bonchev–Trinajstić information content (AvgIpc) is 3.19. The van der Waals surface area contributed by atoms with Gasteiger partial charge in [-0.2, -0.15) is 0 Å². The van der Waals surface area contributed by atoms with Crippen LogP contribution in [0.4, 0.5) is 5.69 Å². The van der Waals surface area contributed by atoms with Gasteiger partial charge in [0.25, 0.3) is 0 Å². The van der Waals surface area contributed by atoms with Crippen molar-refractivity contribution in [2.24, 2.45) is 0 Å². The molecule has 1 N–H and O–H groups in total. The summed E-state index contributed by atoms with van der Waals surface area (Å²) < 4.78 is 5.88. The van der Waals surface area contributed by atoms with Crippen LogP contribution in [0.5, 0.6) is 5.75 Å². The topological polar surface area (TPSA) is 47.0 Å². The highest BCUT2D eigenvalue weighted by atomic mass is 32.1. The first-order valence-electron chi connectivity index (χ1n) is 9.52. The highest BCUT2D eigenvalue weighted by molar-refractivity contribution is 7.17. The van der Waals surface area contributed by atoms with Gasteiger partial charge in [-0.3, -0.25) is 0 Å². The molecule has 0 spiro atoms. The number of nitrogens with zero attached hydrogens (tertiary/aromatic N) is 2. The second kappa shape index (κ2) is 8.85. The largest absolute Gasteiger partial charge is 0.494 e. The van der Waals surface area contributed by atoms with E-state index in [-0.39, 0.29) is 0 Å². The molecule has 28 heavy (non-hydrogen) atoms. The maximum Gasteiger partial charge on any atom is 0.127 e. The van der Waals surface area contributed by atoms with E-state index < -0.39 is 0 Å². The molecule has 0 aliphatic rings. The molecule has 4 aromatic rings. The van der Waals surface area contributed by atoms with E-state index in [9.17, 15) is 0 Å². The molecule has 0 aliphatic carbocycles. The van der Waals surface area contributed by atoms with E-state index >= 15 is 0 Å². The Labute approximate surface area is 169 Å². The molecule has 142 valence electrons. The summed E-state index contributed by atoms with van der Waals surface area (Å²) in [5.41, 5.74) is 4.64. The summed E-state index contributed by atoms with van der Waals surface area (Å²) >= 11 is 1.69. The second-order valence-electron chi connectivity index (χ2n) is 6.60. The van der Waals surface area contributed by atoms with Crippen molar-refractivity contribution in [3.8, 4) is 16.9 Å². The first-order valence-corrected chi connectivity index (χ1v) is 10.4. The molecule has 2 aromatic heterocycles. The number of unbranched alkanes of at least 4 members (excludes halogenated alkanes) is 1. The third kappa shape index (κ3) is 4.15. The van der Waals surface area contributed by atoms with Crippen molar-refractivity contribution in [1.29, 1.82) is 0 Å². The van der Waals surface area contributed by atoms with E-state index in [1.807, 2.05) is 37.4 Å². The number of hydrogen-bond acceptors (Lipinski definition) is 5. The van der Waals surface area contributed by atoms with Crippen molar-refractivity contribution in [3.63, 3.8) is 0 Å². The number of aryl methyl sites for hydroxylation is 1. The third-order valence-corrected chi connectivity index (χ3v) is 5.62. The lowest BCUT2D eigenvalue weighted by Crippen LogP contribution is -2.00. The second-order valence-corrected chi connectivity index (χ2v) is 7.46. The van der Waals surface area contributed by atoms with Crippen LogP contribution >= 0.6 is 11.3 Å². The van der Waals surface area contributed by atoms with Crippen LogP contribution < -0.4 is 10.1 Å². The number of aromatic nitrogens is 2. The molecule has 0 fully saturated rings. The predicted octanol–water partition coefficient (Wildman–Crippen LogP) is 5.80. The van der Waals surface area contributed by atoms with E-state index in [2.05, 4.69) is 44.9 Å². The van der Waals surface area contributed by atoms with Crippen molar-refractivity contribution in [3.05, 3.63) is 72.0 Å². The van der Waals surface area contributed by atoms with Crippen LogP contribution in [0.2, 0.25) is 0 Å². The molecule has 2 heterocycles. The summed E-state index contributed by atoms with van der Waals surface area (Å²) in [6.07, 6.45) is 4.63. The van der Waals surface area contributed by atoms with Gasteiger partial charge in [0.2, 0.25) is 0 Å². The molecule has 0 bridgehead atoms. The minimum atomic E-state index is 0.705. The predicted molar refractivity (Wildman–Crippen MR) is 117 cm³/mol. The fraction of sp³-hybridized carbons (Fsp3) is 0.217. The lowest BCUT2D eigenvalue weighted by atomic mass is 10.0. The van der Waals surface area contributed by atoms with E-state index in [4.69, 9.17) is 4.74 Å². The van der Waals surface area contributed by atoms with Crippen molar-refractivity contribution in [2.45, 2.75) is 19.3 Å². The van der Waals surface area contributed by atoms with Crippen molar-refractivity contribution < 1.29 is 4.74 Å². The smallest absolute Gasteiger partial charge is 0.127 e. The fourth-order valence-electron chi connectivity index (χ4n) is 3.28. The van der Waals surface area contributed by atoms with Gasteiger partial charge < -0.3 is 10.1 Å². The van der Waals surface area contributed by atoms with Crippen LogP contribution in [-0.2, 0) is 6.42 Å². The normalized spacial score (nSPS) is 10.9. The Morgan fingerprint density at radius 2 is 1.89 bits per heavy atom. The van der Waals surface area contributed by atoms with Gasteiger partial charge >= 0.3 is 0 Å². The van der Waals surface area contributed by atoms with Crippen LogP contribution in [0.15, 0.2) is 66.3 Å². The SMILES string of the molecule is CNc1cccc(OCCCCc2ncnc3scc(-c4ccccc4)c23)c1. The molecule has 0 radical (unpaired) electrons. The van der Waals surface area contributed by atoms with E-state index in [1.54, 1.807) is 17.7 Å². The van der Waals surface area contributed by atoms with Crippen LogP contribution in [0.1, 0.15) is 18.5 Å². The van der Waals surface area contributed by atoms with E-state index in [1.165, 1.54) is 16.5 Å². The standard InChI is InChI=1S/C23H23N3OS/c1-24-18-10-7-11-19(14-18)27-13-6-5-12-21-22-20(17-8-3-2-4-9-17)15-28-23(22)26-16-25-21/h2-4,7-11,14-16,24H,5-6,12-13H2,1H3. The maximum absolute atomic E-state index is 5.88. The zero-order valence-electron chi connectivity index (χ0n) is 15.9. The quantitative estimate of drug-likeness (QED) is 0.387.